The average molecular weight is 436 g/mol. The lowest BCUT2D eigenvalue weighted by molar-refractivity contribution is -0.132. The lowest BCUT2D eigenvalue weighted by Crippen LogP contribution is -2.68. The van der Waals surface area contributed by atoms with Crippen LogP contribution in [0.5, 0.6) is 11.5 Å². The molecule has 6 rings (SSSR count). The molecule has 4 atom stereocenters. The maximum absolute atomic E-state index is 13.2. The van der Waals surface area contributed by atoms with E-state index in [4.69, 9.17) is 9.47 Å². The molecule has 1 heterocycles. The Bertz CT molecular complexity index is 1060. The topological polar surface area (TPSA) is 88.7 Å². The molecule has 0 unspecified atom stereocenters. The summed E-state index contributed by atoms with van der Waals surface area (Å²) in [5, 5.41) is 9.99. The van der Waals surface area contributed by atoms with Crippen LogP contribution in [0.15, 0.2) is 42.5 Å². The zero-order valence-corrected chi connectivity index (χ0v) is 18.4. The van der Waals surface area contributed by atoms with E-state index >= 15 is 0 Å². The van der Waals surface area contributed by atoms with E-state index in [0.717, 1.165) is 48.4 Å². The number of methoxy groups -OCH3 is 2. The molecule has 2 bridgehead atoms. The molecule has 7 nitrogen and oxygen atoms in total. The van der Waals surface area contributed by atoms with Gasteiger partial charge < -0.3 is 25.4 Å². The van der Waals surface area contributed by atoms with E-state index in [1.54, 1.807) is 14.2 Å². The van der Waals surface area contributed by atoms with E-state index in [1.807, 2.05) is 42.5 Å². The number of nitrogens with one attached hydrogen (secondary N) is 3. The third kappa shape index (κ3) is 3.45. The van der Waals surface area contributed by atoms with Gasteiger partial charge in [0.15, 0.2) is 0 Å². The van der Waals surface area contributed by atoms with Gasteiger partial charge in [0.1, 0.15) is 17.2 Å². The van der Waals surface area contributed by atoms with Crippen molar-refractivity contribution in [2.45, 2.75) is 37.9 Å². The summed E-state index contributed by atoms with van der Waals surface area (Å²) in [6, 6.07) is 13.2. The predicted octanol–water partition coefficient (Wildman–Crippen LogP) is 3.31. The van der Waals surface area contributed by atoms with Crippen LogP contribution >= 0.6 is 0 Å². The molecule has 0 radical (unpaired) electrons. The first-order valence-electron chi connectivity index (χ1n) is 11.2. The Morgan fingerprint density at radius 1 is 1.12 bits per heavy atom. The number of anilines is 1. The largest absolute Gasteiger partial charge is 0.497 e. The number of hydrogen-bond donors (Lipinski definition) is 3. The van der Waals surface area contributed by atoms with Crippen LogP contribution in [0.2, 0.25) is 0 Å². The minimum Gasteiger partial charge on any atom is -0.497 e. The Kier molecular flexibility index (Phi) is 5.19. The fourth-order valence-corrected chi connectivity index (χ4v) is 5.80. The van der Waals surface area contributed by atoms with Gasteiger partial charge in [-0.05, 0) is 61.9 Å². The molecule has 32 heavy (non-hydrogen) atoms. The summed E-state index contributed by atoms with van der Waals surface area (Å²) in [6.07, 6.45) is 3.54. The number of rotatable bonds is 5. The van der Waals surface area contributed by atoms with Gasteiger partial charge in [-0.2, -0.15) is 0 Å². The van der Waals surface area contributed by atoms with Gasteiger partial charge in [0.2, 0.25) is 5.91 Å². The maximum atomic E-state index is 13.2. The van der Waals surface area contributed by atoms with Gasteiger partial charge in [0.25, 0.3) is 5.91 Å². The molecule has 7 heteroatoms. The van der Waals surface area contributed by atoms with Crippen molar-refractivity contribution in [3.05, 3.63) is 53.6 Å². The van der Waals surface area contributed by atoms with E-state index in [2.05, 4.69) is 16.0 Å². The number of carbonyl (C=O) groups excluding carboxylic acids is 2. The monoisotopic (exact) mass is 435 g/mol. The van der Waals surface area contributed by atoms with Crippen LogP contribution in [0.4, 0.5) is 5.69 Å². The highest BCUT2D eigenvalue weighted by molar-refractivity contribution is 6.02. The highest BCUT2D eigenvalue weighted by Crippen LogP contribution is 2.51. The van der Waals surface area contributed by atoms with Crippen LogP contribution in [0.1, 0.15) is 41.6 Å². The Morgan fingerprint density at radius 2 is 1.97 bits per heavy atom. The minimum absolute atomic E-state index is 0.0296. The summed E-state index contributed by atoms with van der Waals surface area (Å²) >= 11 is 0. The normalized spacial score (nSPS) is 27.8. The van der Waals surface area contributed by atoms with Gasteiger partial charge in [0, 0.05) is 29.6 Å². The van der Waals surface area contributed by atoms with Crippen LogP contribution < -0.4 is 25.4 Å². The summed E-state index contributed by atoms with van der Waals surface area (Å²) in [6.45, 7) is 0.389. The minimum atomic E-state index is -0.457. The first-order chi connectivity index (χ1) is 15.5. The van der Waals surface area contributed by atoms with Crippen molar-refractivity contribution in [1.29, 1.82) is 0 Å². The van der Waals surface area contributed by atoms with Crippen LogP contribution in [-0.2, 0) is 11.3 Å². The van der Waals surface area contributed by atoms with Crippen molar-refractivity contribution in [2.24, 2.45) is 17.8 Å². The fraction of sp³-hybridized carbons (Fsp3) is 0.440. The summed E-state index contributed by atoms with van der Waals surface area (Å²) in [7, 11) is 3.24. The second-order valence-corrected chi connectivity index (χ2v) is 9.07. The molecule has 4 aliphatic rings. The quantitative estimate of drug-likeness (QED) is 0.671. The standard InChI is InChI=1S/C25H29N3O4/c1-31-18-9-10-22(32-2)16(11-18)14-26-23(29)20-12-17-8-7-15(20)13-25(17)27-21-6-4-3-5-19(21)24(30)28-25/h3-6,9-11,15,17,20,27H,7-8,12-14H2,1-2H3,(H,26,29)(H,28,30)/t15-,17+,20-,25+/m0/s1. The number of amides is 2. The van der Waals surface area contributed by atoms with Gasteiger partial charge in [-0.15, -0.1) is 0 Å². The molecule has 3 saturated carbocycles. The lowest BCUT2D eigenvalue weighted by atomic mass is 9.58. The zero-order chi connectivity index (χ0) is 22.3. The lowest BCUT2D eigenvalue weighted by Gasteiger charge is -2.56. The molecule has 1 aliphatic heterocycles. The first kappa shape index (κ1) is 20.7. The second-order valence-electron chi connectivity index (χ2n) is 9.07. The van der Waals surface area contributed by atoms with E-state index in [0.29, 0.717) is 12.1 Å². The summed E-state index contributed by atoms with van der Waals surface area (Å²) in [5.41, 5.74) is 1.99. The molecule has 3 N–H and O–H groups in total. The Labute approximate surface area is 187 Å². The molecule has 0 aromatic heterocycles. The maximum Gasteiger partial charge on any atom is 0.255 e. The third-order valence-electron chi connectivity index (χ3n) is 7.42. The molecule has 168 valence electrons. The number of benzene rings is 2. The van der Waals surface area contributed by atoms with Crippen LogP contribution in [0, 0.1) is 17.8 Å². The molecule has 3 fully saturated rings. The second kappa shape index (κ2) is 8.04. The van der Waals surface area contributed by atoms with Crippen molar-refractivity contribution in [2.75, 3.05) is 19.5 Å². The first-order valence-corrected chi connectivity index (χ1v) is 11.2. The molecule has 0 saturated heterocycles. The summed E-state index contributed by atoms with van der Waals surface area (Å²) < 4.78 is 10.7. The van der Waals surface area contributed by atoms with E-state index in [9.17, 15) is 9.59 Å². The van der Waals surface area contributed by atoms with Crippen molar-refractivity contribution < 1.29 is 19.1 Å². The van der Waals surface area contributed by atoms with Crippen LogP contribution in [0.3, 0.4) is 0 Å². The highest BCUT2D eigenvalue weighted by Gasteiger charge is 2.55. The number of fused-ring (bicyclic) bond motifs is 3. The summed E-state index contributed by atoms with van der Waals surface area (Å²) in [5.74, 6) is 1.89. The third-order valence-corrected chi connectivity index (χ3v) is 7.42. The Balaban J connectivity index is 1.29. The number of hydrogen-bond acceptors (Lipinski definition) is 5. The molecule has 1 spiro atoms. The van der Waals surface area contributed by atoms with E-state index in [-0.39, 0.29) is 29.6 Å². The average Bonchev–Trinajstić information content (AvgIpc) is 2.82. The Morgan fingerprint density at radius 3 is 2.72 bits per heavy atom. The van der Waals surface area contributed by atoms with E-state index < -0.39 is 5.66 Å². The highest BCUT2D eigenvalue weighted by atomic mass is 16.5. The molecule has 2 aromatic rings. The number of carbonyl (C=O) groups is 2. The Hall–Kier alpha value is -3.22. The SMILES string of the molecule is COc1ccc(OC)c(CNC(=O)[C@H]2C[C@H]3CC[C@H]2C[C@@]32NC(=O)c3ccccc3N2)c1. The molecule has 3 aliphatic carbocycles. The van der Waals surface area contributed by atoms with Crippen molar-refractivity contribution in [1.82, 2.24) is 10.6 Å². The molecule has 2 aromatic carbocycles. The van der Waals surface area contributed by atoms with Crippen LogP contribution in [-0.4, -0.2) is 31.7 Å². The molecular weight excluding hydrogens is 406 g/mol. The van der Waals surface area contributed by atoms with Crippen LogP contribution in [0.25, 0.3) is 0 Å². The number of para-hydroxylation sites is 1. The van der Waals surface area contributed by atoms with Gasteiger partial charge in [-0.3, -0.25) is 9.59 Å². The van der Waals surface area contributed by atoms with E-state index in [1.165, 1.54) is 0 Å². The van der Waals surface area contributed by atoms with Crippen molar-refractivity contribution in [3.63, 3.8) is 0 Å². The van der Waals surface area contributed by atoms with Gasteiger partial charge >= 0.3 is 0 Å². The van der Waals surface area contributed by atoms with Crippen molar-refractivity contribution >= 4 is 17.5 Å². The summed E-state index contributed by atoms with van der Waals surface area (Å²) in [4.78, 5) is 25.9. The zero-order valence-electron chi connectivity index (χ0n) is 18.4. The van der Waals surface area contributed by atoms with Crippen molar-refractivity contribution in [3.8, 4) is 11.5 Å². The van der Waals surface area contributed by atoms with Gasteiger partial charge in [-0.25, -0.2) is 0 Å². The van der Waals surface area contributed by atoms with Gasteiger partial charge in [-0.1, -0.05) is 12.1 Å². The smallest absolute Gasteiger partial charge is 0.255 e. The molecule has 2 amide bonds. The predicted molar refractivity (Wildman–Crippen MR) is 121 cm³/mol. The fourth-order valence-electron chi connectivity index (χ4n) is 5.80. The number of ether oxygens (including phenoxy) is 2. The molecular formula is C25H29N3O4. The van der Waals surface area contributed by atoms with Gasteiger partial charge in [0.05, 0.1) is 19.8 Å².